The molecule has 0 bridgehead atoms. The number of benzene rings is 4. The van der Waals surface area contributed by atoms with Crippen molar-refractivity contribution in [2.45, 2.75) is 26.3 Å². The molecule has 0 aliphatic carbocycles. The largest absolute Gasteiger partial charge is 0.480 e. The molecule has 0 saturated carbocycles. The van der Waals surface area contributed by atoms with Gasteiger partial charge in [0.25, 0.3) is 5.91 Å². The highest BCUT2D eigenvalue weighted by atomic mass is 16.4. The van der Waals surface area contributed by atoms with E-state index in [1.165, 1.54) is 0 Å². The van der Waals surface area contributed by atoms with Crippen LogP contribution in [0.3, 0.4) is 0 Å². The fraction of sp³-hybridized carbons (Fsp3) is 0.138. The Balaban J connectivity index is 1.62. The molecular weight excluding hydrogens is 454 g/mol. The zero-order chi connectivity index (χ0) is 25.7. The number of hydrogen-bond acceptors (Lipinski definition) is 3. The number of urea groups is 1. The number of anilines is 2. The molecule has 182 valence electrons. The minimum absolute atomic E-state index is 0.130. The van der Waals surface area contributed by atoms with Crippen molar-refractivity contribution in [2.24, 2.45) is 0 Å². The summed E-state index contributed by atoms with van der Waals surface area (Å²) >= 11 is 0. The van der Waals surface area contributed by atoms with E-state index >= 15 is 0 Å². The summed E-state index contributed by atoms with van der Waals surface area (Å²) in [5.74, 6) is -1.73. The molecule has 0 heterocycles. The third-order valence-electron chi connectivity index (χ3n) is 5.98. The first-order valence-corrected chi connectivity index (χ1v) is 11.6. The second-order valence-corrected chi connectivity index (χ2v) is 8.64. The Labute approximate surface area is 209 Å². The van der Waals surface area contributed by atoms with Crippen molar-refractivity contribution in [3.8, 4) is 0 Å². The number of carboxylic acids is 1. The monoisotopic (exact) mass is 481 g/mol. The van der Waals surface area contributed by atoms with E-state index in [0.29, 0.717) is 5.69 Å². The number of carbonyl (C=O) groups excluding carboxylic acids is 2. The number of para-hydroxylation sites is 1. The lowest BCUT2D eigenvalue weighted by atomic mass is 10.0. The average Bonchev–Trinajstić information content (AvgIpc) is 2.86. The van der Waals surface area contributed by atoms with Gasteiger partial charge in [0.1, 0.15) is 6.04 Å². The normalized spacial score (nSPS) is 11.5. The number of aryl methyl sites for hydroxylation is 2. The van der Waals surface area contributed by atoms with Gasteiger partial charge in [-0.3, -0.25) is 4.79 Å². The van der Waals surface area contributed by atoms with Gasteiger partial charge in [-0.05, 0) is 53.4 Å². The summed E-state index contributed by atoms with van der Waals surface area (Å²) in [4.78, 5) is 38.2. The fourth-order valence-corrected chi connectivity index (χ4v) is 4.10. The molecule has 1 unspecified atom stereocenters. The maximum atomic E-state index is 13.3. The molecule has 1 atom stereocenters. The predicted molar refractivity (Wildman–Crippen MR) is 142 cm³/mol. The molecule has 4 N–H and O–H groups in total. The molecule has 7 heteroatoms. The first kappa shape index (κ1) is 24.5. The van der Waals surface area contributed by atoms with Crippen LogP contribution in [0.25, 0.3) is 10.8 Å². The molecule has 36 heavy (non-hydrogen) atoms. The Morgan fingerprint density at radius 1 is 0.778 bits per heavy atom. The minimum Gasteiger partial charge on any atom is -0.480 e. The molecule has 4 rings (SSSR count). The lowest BCUT2D eigenvalue weighted by Crippen LogP contribution is -2.42. The van der Waals surface area contributed by atoms with Crippen molar-refractivity contribution in [1.29, 1.82) is 0 Å². The molecule has 0 aliphatic heterocycles. The van der Waals surface area contributed by atoms with Gasteiger partial charge in [0, 0.05) is 12.1 Å². The topological polar surface area (TPSA) is 108 Å². The van der Waals surface area contributed by atoms with Crippen LogP contribution in [0.2, 0.25) is 0 Å². The second kappa shape index (κ2) is 10.7. The molecule has 0 radical (unpaired) electrons. The Morgan fingerprint density at radius 3 is 2.03 bits per heavy atom. The summed E-state index contributed by atoms with van der Waals surface area (Å²) in [6.07, 6.45) is 0.130. The van der Waals surface area contributed by atoms with Gasteiger partial charge in [0.2, 0.25) is 0 Å². The maximum absolute atomic E-state index is 13.3. The van der Waals surface area contributed by atoms with Crippen LogP contribution in [0.5, 0.6) is 0 Å². The number of nitrogens with one attached hydrogen (secondary N) is 3. The zero-order valence-electron chi connectivity index (χ0n) is 20.0. The van der Waals surface area contributed by atoms with Gasteiger partial charge in [-0.2, -0.15) is 0 Å². The second-order valence-electron chi connectivity index (χ2n) is 8.64. The molecule has 0 fully saturated rings. The quantitative estimate of drug-likeness (QED) is 0.278. The average molecular weight is 482 g/mol. The van der Waals surface area contributed by atoms with Crippen LogP contribution in [0.15, 0.2) is 84.9 Å². The van der Waals surface area contributed by atoms with Gasteiger partial charge in [0.05, 0.1) is 11.3 Å². The summed E-state index contributed by atoms with van der Waals surface area (Å²) < 4.78 is 0. The molecule has 0 saturated heterocycles. The number of hydrogen-bond donors (Lipinski definition) is 4. The van der Waals surface area contributed by atoms with E-state index in [2.05, 4.69) is 16.0 Å². The smallest absolute Gasteiger partial charge is 0.326 e. The molecule has 0 aliphatic rings. The Bertz CT molecular complexity index is 1410. The minimum atomic E-state index is -1.14. The number of aliphatic carboxylic acids is 1. The van der Waals surface area contributed by atoms with Gasteiger partial charge in [0.15, 0.2) is 0 Å². The van der Waals surface area contributed by atoms with Gasteiger partial charge in [-0.1, -0.05) is 72.8 Å². The van der Waals surface area contributed by atoms with Gasteiger partial charge >= 0.3 is 12.0 Å². The summed E-state index contributed by atoms with van der Waals surface area (Å²) in [5.41, 5.74) is 3.74. The Morgan fingerprint density at radius 2 is 1.39 bits per heavy atom. The summed E-state index contributed by atoms with van der Waals surface area (Å²) in [7, 11) is 0. The third kappa shape index (κ3) is 5.70. The highest BCUT2D eigenvalue weighted by molar-refractivity contribution is 6.10. The summed E-state index contributed by atoms with van der Waals surface area (Å²) in [5, 5.41) is 19.6. The number of rotatable bonds is 7. The maximum Gasteiger partial charge on any atom is 0.326 e. The molecule has 4 aromatic rings. The number of carboxylic acid groups (broad SMARTS) is 1. The van der Waals surface area contributed by atoms with E-state index in [4.69, 9.17) is 0 Å². The van der Waals surface area contributed by atoms with Crippen LogP contribution in [-0.4, -0.2) is 29.1 Å². The highest BCUT2D eigenvalue weighted by Gasteiger charge is 2.23. The Hall–Kier alpha value is -4.65. The van der Waals surface area contributed by atoms with E-state index in [9.17, 15) is 19.5 Å². The van der Waals surface area contributed by atoms with E-state index in [1.807, 2.05) is 86.6 Å². The first-order valence-electron chi connectivity index (χ1n) is 11.6. The van der Waals surface area contributed by atoms with E-state index in [1.54, 1.807) is 12.1 Å². The molecule has 3 amide bonds. The van der Waals surface area contributed by atoms with Crippen LogP contribution in [-0.2, 0) is 11.2 Å². The molecule has 4 aromatic carbocycles. The van der Waals surface area contributed by atoms with Crippen molar-refractivity contribution in [1.82, 2.24) is 5.32 Å². The van der Waals surface area contributed by atoms with Crippen molar-refractivity contribution >= 4 is 40.1 Å². The standard InChI is InChI=1S/C29H27N3O4/c1-18-9-8-10-19(2)26(18)32-29(36)31-24-17-22-14-7-6-13-21(22)16-23(24)27(33)30-25(28(34)35)15-20-11-4-3-5-12-20/h3-14,16-17,25H,15H2,1-2H3,(H,30,33)(H,34,35)(H2,31,32,36). The van der Waals surface area contributed by atoms with Crippen molar-refractivity contribution in [3.63, 3.8) is 0 Å². The third-order valence-corrected chi connectivity index (χ3v) is 5.98. The number of amides is 3. The van der Waals surface area contributed by atoms with Crippen LogP contribution in [0.4, 0.5) is 16.2 Å². The number of carbonyl (C=O) groups is 3. The summed E-state index contributed by atoms with van der Waals surface area (Å²) in [6.45, 7) is 3.80. The Kier molecular flexibility index (Phi) is 7.30. The molecular formula is C29H27N3O4. The van der Waals surface area contributed by atoms with E-state index < -0.39 is 23.9 Å². The zero-order valence-corrected chi connectivity index (χ0v) is 20.0. The highest BCUT2D eigenvalue weighted by Crippen LogP contribution is 2.26. The van der Waals surface area contributed by atoms with E-state index in [0.717, 1.165) is 27.5 Å². The van der Waals surface area contributed by atoms with Gasteiger partial charge in [-0.15, -0.1) is 0 Å². The molecule has 0 aromatic heterocycles. The lowest BCUT2D eigenvalue weighted by molar-refractivity contribution is -0.139. The van der Waals surface area contributed by atoms with Crippen LogP contribution in [0, 0.1) is 13.8 Å². The fourth-order valence-electron chi connectivity index (χ4n) is 4.10. The number of fused-ring (bicyclic) bond motifs is 1. The van der Waals surface area contributed by atoms with E-state index in [-0.39, 0.29) is 17.7 Å². The SMILES string of the molecule is Cc1cccc(C)c1NC(=O)Nc1cc2ccccc2cc1C(=O)NC(Cc1ccccc1)C(=O)O. The summed E-state index contributed by atoms with van der Waals surface area (Å²) in [6, 6.07) is 24.0. The van der Waals surface area contributed by atoms with Crippen molar-refractivity contribution in [3.05, 3.63) is 107 Å². The molecule has 0 spiro atoms. The van der Waals surface area contributed by atoms with Gasteiger partial charge in [-0.25, -0.2) is 9.59 Å². The first-order chi connectivity index (χ1) is 17.3. The van der Waals surface area contributed by atoms with Crippen LogP contribution < -0.4 is 16.0 Å². The lowest BCUT2D eigenvalue weighted by Gasteiger charge is -2.18. The van der Waals surface area contributed by atoms with Crippen LogP contribution >= 0.6 is 0 Å². The van der Waals surface area contributed by atoms with Crippen molar-refractivity contribution in [2.75, 3.05) is 10.6 Å². The van der Waals surface area contributed by atoms with Crippen molar-refractivity contribution < 1.29 is 19.5 Å². The predicted octanol–water partition coefficient (Wildman–Crippen LogP) is 5.53. The van der Waals surface area contributed by atoms with Gasteiger partial charge < -0.3 is 21.1 Å². The molecule has 7 nitrogen and oxygen atoms in total. The van der Waals surface area contributed by atoms with Crippen LogP contribution in [0.1, 0.15) is 27.0 Å².